The van der Waals surface area contributed by atoms with E-state index in [0.29, 0.717) is 19.3 Å². The third kappa shape index (κ3) is 3.50. The maximum atomic E-state index is 12.6. The molecule has 19 heavy (non-hydrogen) atoms. The first-order chi connectivity index (χ1) is 8.80. The summed E-state index contributed by atoms with van der Waals surface area (Å²) in [6.45, 7) is 2.01. The molecule has 0 saturated heterocycles. The highest BCUT2D eigenvalue weighted by Crippen LogP contribution is 2.41. The topological polar surface area (TPSA) is 26.0 Å². The van der Waals surface area contributed by atoms with Gasteiger partial charge in [-0.2, -0.15) is 13.2 Å². The van der Waals surface area contributed by atoms with Crippen LogP contribution in [0.3, 0.4) is 0 Å². The van der Waals surface area contributed by atoms with E-state index in [2.05, 4.69) is 0 Å². The lowest BCUT2D eigenvalue weighted by Crippen LogP contribution is -2.47. The minimum atomic E-state index is -4.07. The average molecular weight is 271 g/mol. The van der Waals surface area contributed by atoms with Gasteiger partial charge in [0.1, 0.15) is 0 Å². The van der Waals surface area contributed by atoms with E-state index in [9.17, 15) is 13.2 Å². The van der Waals surface area contributed by atoms with Gasteiger partial charge < -0.3 is 5.73 Å². The van der Waals surface area contributed by atoms with Gasteiger partial charge in [-0.05, 0) is 50.2 Å². The molecule has 4 heteroatoms. The first kappa shape index (κ1) is 14.4. The van der Waals surface area contributed by atoms with Crippen LogP contribution in [0.4, 0.5) is 13.2 Å². The number of benzene rings is 1. The number of halogens is 3. The van der Waals surface area contributed by atoms with Crippen LogP contribution in [-0.4, -0.2) is 11.7 Å². The van der Waals surface area contributed by atoms with E-state index in [1.807, 2.05) is 31.2 Å². The van der Waals surface area contributed by atoms with Crippen LogP contribution in [-0.2, 0) is 6.42 Å². The van der Waals surface area contributed by atoms with Crippen molar-refractivity contribution in [2.24, 2.45) is 11.7 Å². The Morgan fingerprint density at radius 2 is 1.79 bits per heavy atom. The van der Waals surface area contributed by atoms with E-state index in [0.717, 1.165) is 11.1 Å². The van der Waals surface area contributed by atoms with E-state index >= 15 is 0 Å². The van der Waals surface area contributed by atoms with Crippen LogP contribution < -0.4 is 5.73 Å². The molecule has 0 amide bonds. The predicted octanol–water partition coefficient (Wildman–Crippen LogP) is 3.99. The zero-order valence-electron chi connectivity index (χ0n) is 11.1. The number of hydrogen-bond donors (Lipinski definition) is 1. The van der Waals surface area contributed by atoms with Crippen molar-refractivity contribution in [1.82, 2.24) is 0 Å². The van der Waals surface area contributed by atoms with Crippen LogP contribution in [0.1, 0.15) is 36.8 Å². The number of nitrogens with two attached hydrogens (primary N) is 1. The standard InChI is InChI=1S/C15H20F3N/c1-11-4-2-3-5-12(11)10-14(19)8-6-13(7-9-14)15(16,17)18/h2-5,13H,6-10,19H2,1H3. The fourth-order valence-corrected chi connectivity index (χ4v) is 2.88. The van der Waals surface area contributed by atoms with E-state index in [-0.39, 0.29) is 12.8 Å². The molecule has 1 saturated carbocycles. The molecule has 0 spiro atoms. The Balaban J connectivity index is 2.01. The number of aryl methyl sites for hydroxylation is 1. The molecule has 0 heterocycles. The molecule has 0 atom stereocenters. The van der Waals surface area contributed by atoms with Crippen LogP contribution in [0, 0.1) is 12.8 Å². The summed E-state index contributed by atoms with van der Waals surface area (Å²) >= 11 is 0. The maximum Gasteiger partial charge on any atom is 0.391 e. The zero-order chi connectivity index (χ0) is 14.1. The van der Waals surface area contributed by atoms with Crippen molar-refractivity contribution in [2.75, 3.05) is 0 Å². The quantitative estimate of drug-likeness (QED) is 0.864. The van der Waals surface area contributed by atoms with Gasteiger partial charge in [0.25, 0.3) is 0 Å². The monoisotopic (exact) mass is 271 g/mol. The molecule has 0 radical (unpaired) electrons. The molecule has 0 unspecified atom stereocenters. The minimum absolute atomic E-state index is 0.159. The van der Waals surface area contributed by atoms with Crippen LogP contribution in [0.25, 0.3) is 0 Å². The second-order valence-corrected chi connectivity index (χ2v) is 5.78. The maximum absolute atomic E-state index is 12.6. The molecule has 1 fully saturated rings. The molecule has 0 bridgehead atoms. The Bertz CT molecular complexity index is 431. The zero-order valence-corrected chi connectivity index (χ0v) is 11.1. The molecule has 0 aromatic heterocycles. The van der Waals surface area contributed by atoms with Gasteiger partial charge in [-0.3, -0.25) is 0 Å². The van der Waals surface area contributed by atoms with E-state index < -0.39 is 17.6 Å². The van der Waals surface area contributed by atoms with Crippen molar-refractivity contribution in [1.29, 1.82) is 0 Å². The van der Waals surface area contributed by atoms with Crippen molar-refractivity contribution < 1.29 is 13.2 Å². The van der Waals surface area contributed by atoms with E-state index in [4.69, 9.17) is 5.73 Å². The fourth-order valence-electron chi connectivity index (χ4n) is 2.88. The molecule has 1 nitrogen and oxygen atoms in total. The Hall–Kier alpha value is -1.03. The molecule has 1 aliphatic rings. The smallest absolute Gasteiger partial charge is 0.325 e. The summed E-state index contributed by atoms with van der Waals surface area (Å²) in [5.74, 6) is -1.17. The SMILES string of the molecule is Cc1ccccc1CC1(N)CCC(C(F)(F)F)CC1. The highest BCUT2D eigenvalue weighted by molar-refractivity contribution is 5.27. The van der Waals surface area contributed by atoms with Crippen molar-refractivity contribution in [3.8, 4) is 0 Å². The minimum Gasteiger partial charge on any atom is -0.325 e. The van der Waals surface area contributed by atoms with Gasteiger partial charge in [-0.15, -0.1) is 0 Å². The summed E-state index contributed by atoms with van der Waals surface area (Å²) in [6.07, 6.45) is -2.18. The summed E-state index contributed by atoms with van der Waals surface area (Å²) in [4.78, 5) is 0. The number of rotatable bonds is 2. The summed E-state index contributed by atoms with van der Waals surface area (Å²) in [7, 11) is 0. The molecule has 0 aliphatic heterocycles. The highest BCUT2D eigenvalue weighted by Gasteiger charge is 2.44. The molecular formula is C15H20F3N. The molecule has 1 aliphatic carbocycles. The summed E-state index contributed by atoms with van der Waals surface area (Å²) in [6, 6.07) is 7.94. The largest absolute Gasteiger partial charge is 0.391 e. The summed E-state index contributed by atoms with van der Waals surface area (Å²) in [5, 5.41) is 0. The Kier molecular flexibility index (Phi) is 3.90. The van der Waals surface area contributed by atoms with Crippen LogP contribution >= 0.6 is 0 Å². The average Bonchev–Trinajstić information content (AvgIpc) is 2.31. The first-order valence-electron chi connectivity index (χ1n) is 6.70. The van der Waals surface area contributed by atoms with E-state index in [1.165, 1.54) is 0 Å². The number of hydrogen-bond acceptors (Lipinski definition) is 1. The van der Waals surface area contributed by atoms with Crippen LogP contribution in [0.2, 0.25) is 0 Å². The fraction of sp³-hybridized carbons (Fsp3) is 0.600. The normalized spacial score (nSPS) is 28.4. The van der Waals surface area contributed by atoms with Gasteiger partial charge in [-0.1, -0.05) is 24.3 Å². The Morgan fingerprint density at radius 3 is 2.32 bits per heavy atom. The van der Waals surface area contributed by atoms with Crippen molar-refractivity contribution in [2.45, 2.75) is 50.7 Å². The second kappa shape index (κ2) is 5.16. The lowest BCUT2D eigenvalue weighted by atomic mass is 9.73. The van der Waals surface area contributed by atoms with Crippen molar-refractivity contribution >= 4 is 0 Å². The third-order valence-corrected chi connectivity index (χ3v) is 4.25. The molecular weight excluding hydrogens is 251 g/mol. The highest BCUT2D eigenvalue weighted by atomic mass is 19.4. The first-order valence-corrected chi connectivity index (χ1v) is 6.70. The summed E-state index contributed by atoms with van der Waals surface area (Å²) < 4.78 is 37.9. The molecule has 1 aromatic rings. The van der Waals surface area contributed by atoms with Gasteiger partial charge in [0, 0.05) is 5.54 Å². The number of alkyl halides is 3. The van der Waals surface area contributed by atoms with Crippen LogP contribution in [0.5, 0.6) is 0 Å². The Labute approximate surface area is 112 Å². The molecule has 2 rings (SSSR count). The van der Waals surface area contributed by atoms with Crippen molar-refractivity contribution in [3.63, 3.8) is 0 Å². The van der Waals surface area contributed by atoms with Crippen LogP contribution in [0.15, 0.2) is 24.3 Å². The van der Waals surface area contributed by atoms with Gasteiger partial charge in [0.15, 0.2) is 0 Å². The predicted molar refractivity (Wildman–Crippen MR) is 69.8 cm³/mol. The third-order valence-electron chi connectivity index (χ3n) is 4.25. The lowest BCUT2D eigenvalue weighted by Gasteiger charge is -2.38. The van der Waals surface area contributed by atoms with Gasteiger partial charge in [-0.25, -0.2) is 0 Å². The Morgan fingerprint density at radius 1 is 1.21 bits per heavy atom. The van der Waals surface area contributed by atoms with Crippen molar-refractivity contribution in [3.05, 3.63) is 35.4 Å². The molecule has 1 aromatic carbocycles. The van der Waals surface area contributed by atoms with E-state index in [1.54, 1.807) is 0 Å². The van der Waals surface area contributed by atoms with Gasteiger partial charge in [0.2, 0.25) is 0 Å². The second-order valence-electron chi connectivity index (χ2n) is 5.78. The van der Waals surface area contributed by atoms with Gasteiger partial charge >= 0.3 is 6.18 Å². The molecule has 2 N–H and O–H groups in total. The lowest BCUT2D eigenvalue weighted by molar-refractivity contribution is -0.184. The molecule has 106 valence electrons. The summed E-state index contributed by atoms with van der Waals surface area (Å²) in [5.41, 5.74) is 8.13. The van der Waals surface area contributed by atoms with Gasteiger partial charge in [0.05, 0.1) is 5.92 Å².